The number of nitrogens with zero attached hydrogens (tertiary/aromatic N) is 2. The van der Waals surface area contributed by atoms with Crippen LogP contribution in [-0.4, -0.2) is 42.9 Å². The molecule has 1 aromatic carbocycles. The van der Waals surface area contributed by atoms with Crippen molar-refractivity contribution in [2.75, 3.05) is 36.4 Å². The summed E-state index contributed by atoms with van der Waals surface area (Å²) in [5.74, 6) is -0.0976. The number of carbonyl (C=O) groups is 2. The molecule has 2 aliphatic heterocycles. The van der Waals surface area contributed by atoms with Crippen molar-refractivity contribution in [1.82, 2.24) is 4.90 Å². The molecule has 27 heavy (non-hydrogen) atoms. The number of hydrogen-bond donors (Lipinski definition) is 1. The molecule has 2 fully saturated rings. The van der Waals surface area contributed by atoms with Crippen LogP contribution < -0.4 is 10.2 Å². The van der Waals surface area contributed by atoms with E-state index in [1.54, 1.807) is 0 Å². The summed E-state index contributed by atoms with van der Waals surface area (Å²) >= 11 is 1.46. The Balaban J connectivity index is 1.43. The quantitative estimate of drug-likeness (QED) is 0.873. The summed E-state index contributed by atoms with van der Waals surface area (Å²) in [6.07, 6.45) is 4.09. The number of para-hydroxylation sites is 2. The lowest BCUT2D eigenvalue weighted by Crippen LogP contribution is -2.43. The Kier molecular flexibility index (Phi) is 5.43. The molecule has 0 radical (unpaired) electrons. The first kappa shape index (κ1) is 18.0. The van der Waals surface area contributed by atoms with Crippen molar-refractivity contribution < 1.29 is 9.59 Å². The number of likely N-dealkylation sites (tertiary alicyclic amines) is 1. The van der Waals surface area contributed by atoms with Crippen LogP contribution in [-0.2, 0) is 4.79 Å². The summed E-state index contributed by atoms with van der Waals surface area (Å²) in [7, 11) is 0. The molecule has 4 rings (SSSR count). The highest BCUT2D eigenvalue weighted by atomic mass is 32.1. The lowest BCUT2D eigenvalue weighted by molar-refractivity contribution is -0.121. The first-order valence-corrected chi connectivity index (χ1v) is 10.6. The van der Waals surface area contributed by atoms with E-state index in [-0.39, 0.29) is 17.7 Å². The summed E-state index contributed by atoms with van der Waals surface area (Å²) in [5.41, 5.74) is 1.98. The molecule has 1 unspecified atom stereocenters. The Hall–Kier alpha value is -2.34. The number of hydrogen-bond acceptors (Lipinski definition) is 4. The van der Waals surface area contributed by atoms with E-state index >= 15 is 0 Å². The van der Waals surface area contributed by atoms with Gasteiger partial charge in [-0.1, -0.05) is 18.2 Å². The van der Waals surface area contributed by atoms with E-state index in [9.17, 15) is 9.59 Å². The summed E-state index contributed by atoms with van der Waals surface area (Å²) in [5, 5.41) is 5.05. The minimum absolute atomic E-state index is 0.0188. The summed E-state index contributed by atoms with van der Waals surface area (Å²) in [6.45, 7) is 3.30. The zero-order chi connectivity index (χ0) is 18.6. The molecule has 1 aromatic heterocycles. The van der Waals surface area contributed by atoms with Gasteiger partial charge in [-0.05, 0) is 49.3 Å². The van der Waals surface area contributed by atoms with Crippen molar-refractivity contribution in [1.29, 1.82) is 0 Å². The van der Waals surface area contributed by atoms with E-state index in [1.165, 1.54) is 24.2 Å². The van der Waals surface area contributed by atoms with Crippen LogP contribution in [0.1, 0.15) is 35.4 Å². The van der Waals surface area contributed by atoms with E-state index in [0.29, 0.717) is 6.54 Å². The zero-order valence-corrected chi connectivity index (χ0v) is 16.2. The average Bonchev–Trinajstić information content (AvgIpc) is 3.42. The van der Waals surface area contributed by atoms with Gasteiger partial charge in [0.25, 0.3) is 5.91 Å². The van der Waals surface area contributed by atoms with Gasteiger partial charge in [-0.2, -0.15) is 0 Å². The Morgan fingerprint density at radius 3 is 2.59 bits per heavy atom. The molecule has 2 aliphatic rings. The van der Waals surface area contributed by atoms with Crippen molar-refractivity contribution in [2.45, 2.75) is 25.7 Å². The predicted molar refractivity (Wildman–Crippen MR) is 109 cm³/mol. The number of carbonyl (C=O) groups excluding carboxylic acids is 2. The minimum atomic E-state index is -0.158. The van der Waals surface area contributed by atoms with Gasteiger partial charge in [-0.25, -0.2) is 0 Å². The number of nitrogens with one attached hydrogen (secondary N) is 1. The van der Waals surface area contributed by atoms with Crippen LogP contribution in [0.4, 0.5) is 11.4 Å². The predicted octanol–water partition coefficient (Wildman–Crippen LogP) is 3.84. The van der Waals surface area contributed by atoms with Gasteiger partial charge in [0.15, 0.2) is 0 Å². The number of amides is 2. The molecule has 3 heterocycles. The number of piperidine rings is 1. The maximum Gasteiger partial charge on any atom is 0.263 e. The molecular weight excluding hydrogens is 358 g/mol. The Labute approximate surface area is 164 Å². The largest absolute Gasteiger partial charge is 0.370 e. The molecule has 2 aromatic rings. The molecule has 0 aliphatic carbocycles. The van der Waals surface area contributed by atoms with Gasteiger partial charge in [0.1, 0.15) is 0 Å². The highest BCUT2D eigenvalue weighted by Gasteiger charge is 2.30. The summed E-state index contributed by atoms with van der Waals surface area (Å²) in [6, 6.07) is 11.8. The molecule has 0 saturated carbocycles. The molecule has 1 atom stereocenters. The third-order valence-electron chi connectivity index (χ3n) is 5.42. The molecule has 5 nitrogen and oxygen atoms in total. The number of benzene rings is 1. The molecule has 0 bridgehead atoms. The van der Waals surface area contributed by atoms with Crippen LogP contribution in [0.2, 0.25) is 0 Å². The second-order valence-electron chi connectivity index (χ2n) is 7.27. The maximum atomic E-state index is 12.9. The Morgan fingerprint density at radius 2 is 1.81 bits per heavy atom. The fourth-order valence-corrected chi connectivity index (χ4v) is 4.67. The van der Waals surface area contributed by atoms with Crippen molar-refractivity contribution in [3.8, 4) is 0 Å². The Bertz CT molecular complexity index is 800. The van der Waals surface area contributed by atoms with Gasteiger partial charge in [-0.15, -0.1) is 11.3 Å². The van der Waals surface area contributed by atoms with E-state index < -0.39 is 0 Å². The van der Waals surface area contributed by atoms with Gasteiger partial charge in [0, 0.05) is 26.2 Å². The van der Waals surface area contributed by atoms with Crippen molar-refractivity contribution in [3.63, 3.8) is 0 Å². The second kappa shape index (κ2) is 8.13. The number of anilines is 2. The minimum Gasteiger partial charge on any atom is -0.370 e. The zero-order valence-electron chi connectivity index (χ0n) is 15.4. The number of thiophene rings is 1. The van der Waals surface area contributed by atoms with Crippen LogP contribution >= 0.6 is 11.3 Å². The first-order chi connectivity index (χ1) is 13.2. The summed E-state index contributed by atoms with van der Waals surface area (Å²) in [4.78, 5) is 30.4. The van der Waals surface area contributed by atoms with Gasteiger partial charge in [-0.3, -0.25) is 9.59 Å². The molecule has 2 amide bonds. The molecule has 1 N–H and O–H groups in total. The van der Waals surface area contributed by atoms with Gasteiger partial charge in [0.2, 0.25) is 5.91 Å². The van der Waals surface area contributed by atoms with Crippen LogP contribution in [0.5, 0.6) is 0 Å². The summed E-state index contributed by atoms with van der Waals surface area (Å²) < 4.78 is 0. The standard InChI is InChI=1S/C21H25N3O2S/c25-20(22-17-8-1-2-9-18(17)23-11-3-4-12-23)16-7-5-13-24(15-16)21(26)19-10-6-14-27-19/h1-2,6,8-10,14,16H,3-5,7,11-13,15H2,(H,22,25). The third-order valence-corrected chi connectivity index (χ3v) is 6.28. The molecule has 142 valence electrons. The number of rotatable bonds is 4. The van der Waals surface area contributed by atoms with Crippen LogP contribution in [0, 0.1) is 5.92 Å². The van der Waals surface area contributed by atoms with Crippen LogP contribution in [0.25, 0.3) is 0 Å². The topological polar surface area (TPSA) is 52.7 Å². The van der Waals surface area contributed by atoms with E-state index in [4.69, 9.17) is 0 Å². The van der Waals surface area contributed by atoms with Crippen molar-refractivity contribution in [2.24, 2.45) is 5.92 Å². The maximum absolute atomic E-state index is 12.9. The third kappa shape index (κ3) is 4.00. The highest BCUT2D eigenvalue weighted by molar-refractivity contribution is 7.12. The van der Waals surface area contributed by atoms with Gasteiger partial charge in [0.05, 0.1) is 22.2 Å². The average molecular weight is 384 g/mol. The smallest absolute Gasteiger partial charge is 0.263 e. The lowest BCUT2D eigenvalue weighted by atomic mass is 9.96. The molecule has 0 spiro atoms. The van der Waals surface area contributed by atoms with Gasteiger partial charge < -0.3 is 15.1 Å². The fourth-order valence-electron chi connectivity index (χ4n) is 3.98. The van der Waals surface area contributed by atoms with E-state index in [1.807, 2.05) is 40.6 Å². The normalized spacial score (nSPS) is 19.9. The molecule has 2 saturated heterocycles. The molecular formula is C21H25N3O2S. The first-order valence-electron chi connectivity index (χ1n) is 9.70. The lowest BCUT2D eigenvalue weighted by Gasteiger charge is -2.32. The van der Waals surface area contributed by atoms with Gasteiger partial charge >= 0.3 is 0 Å². The monoisotopic (exact) mass is 383 g/mol. The van der Waals surface area contributed by atoms with E-state index in [2.05, 4.69) is 16.3 Å². The highest BCUT2D eigenvalue weighted by Crippen LogP contribution is 2.30. The van der Waals surface area contributed by atoms with Crippen LogP contribution in [0.3, 0.4) is 0 Å². The fraction of sp³-hybridized carbons (Fsp3) is 0.429. The van der Waals surface area contributed by atoms with Crippen LogP contribution in [0.15, 0.2) is 41.8 Å². The second-order valence-corrected chi connectivity index (χ2v) is 8.22. The Morgan fingerprint density at radius 1 is 1.00 bits per heavy atom. The van der Waals surface area contributed by atoms with Crippen molar-refractivity contribution >= 4 is 34.5 Å². The molecule has 6 heteroatoms. The van der Waals surface area contributed by atoms with E-state index in [0.717, 1.165) is 48.7 Å². The van der Waals surface area contributed by atoms with Crippen molar-refractivity contribution in [3.05, 3.63) is 46.7 Å². The SMILES string of the molecule is O=C(Nc1ccccc1N1CCCC1)C1CCCN(C(=O)c2cccs2)C1.